The summed E-state index contributed by atoms with van der Waals surface area (Å²) in [5.41, 5.74) is 0.483. The Hall–Kier alpha value is -2.01. The Balaban J connectivity index is 1.33. The SMILES string of the molecule is N#C[C@@H]1CCCN1C(=O)[C@@H]1CC[C@H](COc2cc(NC(=O)C3CC3)c(Cl)cc2Cl)N1. The van der Waals surface area contributed by atoms with Crippen LogP contribution in [0.3, 0.4) is 0 Å². The van der Waals surface area contributed by atoms with Gasteiger partial charge in [0.15, 0.2) is 0 Å². The van der Waals surface area contributed by atoms with Crippen LogP contribution in [-0.2, 0) is 9.59 Å². The number of halogens is 2. The zero-order valence-corrected chi connectivity index (χ0v) is 18.0. The lowest BCUT2D eigenvalue weighted by Gasteiger charge is -2.24. The minimum absolute atomic E-state index is 0.00154. The number of carbonyl (C=O) groups excluding carboxylic acids is 2. The van der Waals surface area contributed by atoms with Crippen molar-refractivity contribution in [2.45, 2.75) is 56.7 Å². The molecule has 0 aromatic heterocycles. The van der Waals surface area contributed by atoms with Gasteiger partial charge in [0, 0.05) is 24.6 Å². The van der Waals surface area contributed by atoms with E-state index in [9.17, 15) is 14.9 Å². The molecule has 160 valence electrons. The van der Waals surface area contributed by atoms with E-state index in [1.807, 2.05) is 0 Å². The standard InChI is InChI=1S/C21H24Cl2N4O3/c22-15-8-16(23)19(9-18(15)26-20(28)12-3-4-12)30-11-13-5-6-17(25-13)21(29)27-7-1-2-14(27)10-24/h8-9,12-14,17,25H,1-7,11H2,(H,26,28)/t13-,14+,17+/m1/s1. The van der Waals surface area contributed by atoms with Crippen molar-refractivity contribution in [2.75, 3.05) is 18.5 Å². The fourth-order valence-electron chi connectivity index (χ4n) is 4.02. The van der Waals surface area contributed by atoms with Crippen LogP contribution < -0.4 is 15.4 Å². The number of amides is 2. The third kappa shape index (κ3) is 4.66. The maximum atomic E-state index is 12.7. The molecule has 2 N–H and O–H groups in total. The van der Waals surface area contributed by atoms with E-state index in [2.05, 4.69) is 16.7 Å². The monoisotopic (exact) mass is 450 g/mol. The lowest BCUT2D eigenvalue weighted by atomic mass is 10.1. The van der Waals surface area contributed by atoms with E-state index in [1.165, 1.54) is 0 Å². The van der Waals surface area contributed by atoms with E-state index >= 15 is 0 Å². The summed E-state index contributed by atoms with van der Waals surface area (Å²) in [5.74, 6) is 0.458. The molecule has 3 fully saturated rings. The highest BCUT2D eigenvalue weighted by atomic mass is 35.5. The first-order chi connectivity index (χ1) is 14.5. The Kier molecular flexibility index (Phi) is 6.37. The Morgan fingerprint density at radius 2 is 2.00 bits per heavy atom. The first kappa shape index (κ1) is 21.2. The third-order valence-electron chi connectivity index (χ3n) is 5.89. The van der Waals surface area contributed by atoms with E-state index in [-0.39, 0.29) is 35.9 Å². The van der Waals surface area contributed by atoms with Gasteiger partial charge in [-0.15, -0.1) is 0 Å². The molecule has 3 atom stereocenters. The number of hydrogen-bond acceptors (Lipinski definition) is 5. The number of anilines is 1. The zero-order chi connectivity index (χ0) is 21.3. The van der Waals surface area contributed by atoms with Gasteiger partial charge in [-0.1, -0.05) is 23.2 Å². The number of hydrogen-bond donors (Lipinski definition) is 2. The molecule has 2 saturated heterocycles. The fourth-order valence-corrected chi connectivity index (χ4v) is 4.50. The Morgan fingerprint density at radius 1 is 1.20 bits per heavy atom. The molecule has 4 rings (SSSR count). The molecule has 2 aliphatic heterocycles. The lowest BCUT2D eigenvalue weighted by Crippen LogP contribution is -2.47. The van der Waals surface area contributed by atoms with Gasteiger partial charge in [0.05, 0.1) is 27.8 Å². The van der Waals surface area contributed by atoms with Crippen molar-refractivity contribution in [3.05, 3.63) is 22.2 Å². The minimum Gasteiger partial charge on any atom is -0.490 e. The highest BCUT2D eigenvalue weighted by Crippen LogP contribution is 2.36. The predicted octanol–water partition coefficient (Wildman–Crippen LogP) is 3.36. The maximum absolute atomic E-state index is 12.7. The molecule has 7 nitrogen and oxygen atoms in total. The molecule has 3 aliphatic rings. The molecular formula is C21H24Cl2N4O3. The summed E-state index contributed by atoms with van der Waals surface area (Å²) in [5, 5.41) is 16.1. The van der Waals surface area contributed by atoms with Gasteiger partial charge in [-0.05, 0) is 44.6 Å². The number of nitrogens with zero attached hydrogens (tertiary/aromatic N) is 2. The molecule has 1 saturated carbocycles. The molecule has 9 heteroatoms. The normalized spacial score (nSPS) is 25.8. The van der Waals surface area contributed by atoms with Gasteiger partial charge < -0.3 is 15.0 Å². The van der Waals surface area contributed by atoms with Gasteiger partial charge in [-0.25, -0.2) is 0 Å². The number of ether oxygens (including phenoxy) is 1. The Morgan fingerprint density at radius 3 is 2.73 bits per heavy atom. The molecule has 0 radical (unpaired) electrons. The smallest absolute Gasteiger partial charge is 0.240 e. The summed E-state index contributed by atoms with van der Waals surface area (Å²) in [6.45, 7) is 0.981. The van der Waals surface area contributed by atoms with E-state index in [0.29, 0.717) is 41.1 Å². The van der Waals surface area contributed by atoms with E-state index in [0.717, 1.165) is 32.1 Å². The van der Waals surface area contributed by atoms with Crippen LogP contribution in [0.2, 0.25) is 10.0 Å². The quantitative estimate of drug-likeness (QED) is 0.692. The van der Waals surface area contributed by atoms with Crippen LogP contribution >= 0.6 is 23.2 Å². The van der Waals surface area contributed by atoms with Crippen LogP contribution in [0.5, 0.6) is 5.75 Å². The van der Waals surface area contributed by atoms with Crippen molar-refractivity contribution in [3.8, 4) is 11.8 Å². The maximum Gasteiger partial charge on any atom is 0.240 e. The van der Waals surface area contributed by atoms with Crippen LogP contribution in [-0.4, -0.2) is 48.0 Å². The Bertz CT molecular complexity index is 884. The molecule has 1 aliphatic carbocycles. The van der Waals surface area contributed by atoms with Crippen LogP contribution in [0.4, 0.5) is 5.69 Å². The highest BCUT2D eigenvalue weighted by Gasteiger charge is 2.37. The number of benzene rings is 1. The van der Waals surface area contributed by atoms with Crippen molar-refractivity contribution >= 4 is 40.7 Å². The average Bonchev–Trinajstić information content (AvgIpc) is 3.29. The second kappa shape index (κ2) is 9.01. The summed E-state index contributed by atoms with van der Waals surface area (Å²) in [6.07, 6.45) is 4.92. The summed E-state index contributed by atoms with van der Waals surface area (Å²) in [7, 11) is 0. The molecule has 1 aromatic carbocycles. The van der Waals surface area contributed by atoms with Crippen LogP contribution in [0.15, 0.2) is 12.1 Å². The second-order valence-electron chi connectivity index (χ2n) is 8.15. The number of nitrogens with one attached hydrogen (secondary N) is 2. The molecule has 30 heavy (non-hydrogen) atoms. The second-order valence-corrected chi connectivity index (χ2v) is 8.96. The molecule has 0 spiro atoms. The predicted molar refractivity (Wildman–Crippen MR) is 114 cm³/mol. The molecule has 1 aromatic rings. The van der Waals surface area contributed by atoms with Crippen LogP contribution in [0, 0.1) is 17.2 Å². The number of likely N-dealkylation sites (tertiary alicyclic amines) is 1. The average molecular weight is 451 g/mol. The molecule has 2 amide bonds. The number of rotatable bonds is 6. The van der Waals surface area contributed by atoms with Gasteiger partial charge in [0.1, 0.15) is 18.4 Å². The molecule has 0 unspecified atom stereocenters. The summed E-state index contributed by atoms with van der Waals surface area (Å²) in [4.78, 5) is 26.5. The van der Waals surface area contributed by atoms with Crippen molar-refractivity contribution in [2.24, 2.45) is 5.92 Å². The Labute approximate surface area is 185 Å². The summed E-state index contributed by atoms with van der Waals surface area (Å²) >= 11 is 12.5. The van der Waals surface area contributed by atoms with Gasteiger partial charge in [0.2, 0.25) is 11.8 Å². The van der Waals surface area contributed by atoms with Crippen molar-refractivity contribution < 1.29 is 14.3 Å². The first-order valence-electron chi connectivity index (χ1n) is 10.3. The fraction of sp³-hybridized carbons (Fsp3) is 0.571. The number of nitriles is 1. The lowest BCUT2D eigenvalue weighted by molar-refractivity contribution is -0.133. The molecule has 0 bridgehead atoms. The van der Waals surface area contributed by atoms with Gasteiger partial charge in [-0.3, -0.25) is 14.9 Å². The largest absolute Gasteiger partial charge is 0.490 e. The van der Waals surface area contributed by atoms with Gasteiger partial charge >= 0.3 is 0 Å². The van der Waals surface area contributed by atoms with E-state index in [1.54, 1.807) is 17.0 Å². The van der Waals surface area contributed by atoms with E-state index in [4.69, 9.17) is 27.9 Å². The van der Waals surface area contributed by atoms with Crippen molar-refractivity contribution in [1.29, 1.82) is 5.26 Å². The van der Waals surface area contributed by atoms with Crippen LogP contribution in [0.25, 0.3) is 0 Å². The topological polar surface area (TPSA) is 94.5 Å². The van der Waals surface area contributed by atoms with Gasteiger partial charge in [0.25, 0.3) is 0 Å². The van der Waals surface area contributed by atoms with Crippen LogP contribution in [0.1, 0.15) is 38.5 Å². The summed E-state index contributed by atoms with van der Waals surface area (Å²) in [6, 6.07) is 4.81. The van der Waals surface area contributed by atoms with Gasteiger partial charge in [-0.2, -0.15) is 5.26 Å². The minimum atomic E-state index is -0.313. The highest BCUT2D eigenvalue weighted by molar-refractivity contribution is 6.37. The third-order valence-corrected chi connectivity index (χ3v) is 6.50. The molecular weight excluding hydrogens is 427 g/mol. The first-order valence-corrected chi connectivity index (χ1v) is 11.1. The number of carbonyl (C=O) groups is 2. The van der Waals surface area contributed by atoms with Crippen molar-refractivity contribution in [3.63, 3.8) is 0 Å². The summed E-state index contributed by atoms with van der Waals surface area (Å²) < 4.78 is 5.89. The van der Waals surface area contributed by atoms with E-state index < -0.39 is 0 Å². The van der Waals surface area contributed by atoms with Crippen molar-refractivity contribution in [1.82, 2.24) is 10.2 Å². The molecule has 2 heterocycles. The zero-order valence-electron chi connectivity index (χ0n) is 16.5.